The van der Waals surface area contributed by atoms with Crippen molar-refractivity contribution in [3.63, 3.8) is 0 Å². The number of amides is 1. The molecule has 1 fully saturated rings. The summed E-state index contributed by atoms with van der Waals surface area (Å²) in [5.41, 5.74) is 0. The van der Waals surface area contributed by atoms with Crippen LogP contribution in [0, 0.1) is 5.92 Å². The van der Waals surface area contributed by atoms with E-state index in [9.17, 15) is 4.79 Å². The van der Waals surface area contributed by atoms with E-state index in [1.807, 2.05) is 0 Å². The molecule has 0 aromatic carbocycles. The van der Waals surface area contributed by atoms with E-state index in [2.05, 4.69) is 10.4 Å². The molecule has 0 aliphatic carbocycles. The second kappa shape index (κ2) is 4.93. The maximum atomic E-state index is 11.5. The molecule has 82 valence electrons. The van der Waals surface area contributed by atoms with Gasteiger partial charge in [-0.2, -0.15) is 5.10 Å². The predicted molar refractivity (Wildman–Crippen MR) is 54.2 cm³/mol. The van der Waals surface area contributed by atoms with Crippen molar-refractivity contribution in [3.05, 3.63) is 18.5 Å². The molecular formula is C10H15N3O2. The molecule has 15 heavy (non-hydrogen) atoms. The Kier molecular flexibility index (Phi) is 3.34. The molecule has 1 aliphatic rings. The third-order valence-electron chi connectivity index (χ3n) is 2.48. The Morgan fingerprint density at radius 2 is 2.60 bits per heavy atom. The number of nitrogens with one attached hydrogen (secondary N) is 1. The highest BCUT2D eigenvalue weighted by Crippen LogP contribution is 2.10. The highest BCUT2D eigenvalue weighted by molar-refractivity contribution is 5.75. The van der Waals surface area contributed by atoms with Crippen molar-refractivity contribution >= 4 is 5.91 Å². The first-order chi connectivity index (χ1) is 7.34. The lowest BCUT2D eigenvalue weighted by atomic mass is 10.1. The monoisotopic (exact) mass is 209 g/mol. The van der Waals surface area contributed by atoms with Crippen molar-refractivity contribution < 1.29 is 9.53 Å². The largest absolute Gasteiger partial charge is 0.381 e. The fourth-order valence-corrected chi connectivity index (χ4v) is 1.60. The van der Waals surface area contributed by atoms with E-state index >= 15 is 0 Å². The van der Waals surface area contributed by atoms with Crippen molar-refractivity contribution in [2.45, 2.75) is 13.0 Å². The Labute approximate surface area is 88.4 Å². The Morgan fingerprint density at radius 1 is 1.67 bits per heavy atom. The lowest BCUT2D eigenvalue weighted by molar-refractivity contribution is -0.122. The zero-order valence-corrected chi connectivity index (χ0v) is 8.56. The van der Waals surface area contributed by atoms with Crippen molar-refractivity contribution in [2.24, 2.45) is 5.92 Å². The van der Waals surface area contributed by atoms with Gasteiger partial charge in [0, 0.05) is 31.5 Å². The molecular weight excluding hydrogens is 194 g/mol. The molecule has 2 rings (SSSR count). The fourth-order valence-electron chi connectivity index (χ4n) is 1.60. The number of hydrogen-bond donors (Lipinski definition) is 1. The molecule has 2 heterocycles. The molecule has 5 heteroatoms. The Morgan fingerprint density at radius 3 is 3.27 bits per heavy atom. The van der Waals surface area contributed by atoms with Crippen LogP contribution in [-0.2, 0) is 16.1 Å². The lowest BCUT2D eigenvalue weighted by Crippen LogP contribution is -2.32. The number of carbonyl (C=O) groups is 1. The van der Waals surface area contributed by atoms with Crippen LogP contribution in [0.2, 0.25) is 0 Å². The molecule has 1 atom stereocenters. The fraction of sp³-hybridized carbons (Fsp3) is 0.600. The molecule has 0 spiro atoms. The van der Waals surface area contributed by atoms with Gasteiger partial charge in [0.05, 0.1) is 6.61 Å². The lowest BCUT2D eigenvalue weighted by Gasteiger charge is -2.09. The zero-order chi connectivity index (χ0) is 10.5. The van der Waals surface area contributed by atoms with Crippen LogP contribution in [0.15, 0.2) is 18.5 Å². The highest BCUT2D eigenvalue weighted by Gasteiger charge is 2.16. The number of nitrogens with zero attached hydrogens (tertiary/aromatic N) is 2. The summed E-state index contributed by atoms with van der Waals surface area (Å²) in [4.78, 5) is 11.5. The summed E-state index contributed by atoms with van der Waals surface area (Å²) in [5.74, 6) is 0.483. The highest BCUT2D eigenvalue weighted by atomic mass is 16.5. The second-order valence-corrected chi connectivity index (χ2v) is 3.74. The summed E-state index contributed by atoms with van der Waals surface area (Å²) in [7, 11) is 0. The van der Waals surface area contributed by atoms with Crippen LogP contribution in [0.3, 0.4) is 0 Å². The summed E-state index contributed by atoms with van der Waals surface area (Å²) in [6.07, 6.45) is 4.48. The van der Waals surface area contributed by atoms with Gasteiger partial charge in [-0.1, -0.05) is 0 Å². The van der Waals surface area contributed by atoms with Gasteiger partial charge < -0.3 is 10.1 Å². The van der Waals surface area contributed by atoms with E-state index in [0.29, 0.717) is 19.0 Å². The minimum absolute atomic E-state index is 0.00519. The Balaban J connectivity index is 1.68. The van der Waals surface area contributed by atoms with Gasteiger partial charge in [-0.3, -0.25) is 9.48 Å². The number of ether oxygens (including phenoxy) is 1. The summed E-state index contributed by atoms with van der Waals surface area (Å²) in [5, 5.41) is 6.85. The van der Waals surface area contributed by atoms with Crippen LogP contribution in [0.1, 0.15) is 6.42 Å². The molecule has 1 amide bonds. The average Bonchev–Trinajstić information content (AvgIpc) is 2.86. The van der Waals surface area contributed by atoms with Crippen LogP contribution in [0.25, 0.3) is 0 Å². The topological polar surface area (TPSA) is 56.2 Å². The maximum Gasteiger partial charge on any atom is 0.241 e. The SMILES string of the molecule is O=C(Cn1cccn1)NC[C@H]1CCOC1. The van der Waals surface area contributed by atoms with E-state index < -0.39 is 0 Å². The van der Waals surface area contributed by atoms with Crippen LogP contribution < -0.4 is 5.32 Å². The first kappa shape index (κ1) is 10.2. The standard InChI is InChI=1S/C10H15N3O2/c14-10(7-13-4-1-3-12-13)11-6-9-2-5-15-8-9/h1,3-4,9H,2,5-8H2,(H,11,14)/t9-/m1/s1. The van der Waals surface area contributed by atoms with E-state index in [1.54, 1.807) is 23.1 Å². The minimum Gasteiger partial charge on any atom is -0.381 e. The zero-order valence-electron chi connectivity index (χ0n) is 8.56. The molecule has 1 aliphatic heterocycles. The minimum atomic E-state index is 0.00519. The van der Waals surface area contributed by atoms with Gasteiger partial charge in [-0.15, -0.1) is 0 Å². The Bertz CT molecular complexity index is 304. The maximum absolute atomic E-state index is 11.5. The third kappa shape index (κ3) is 3.06. The summed E-state index contributed by atoms with van der Waals surface area (Å²) < 4.78 is 6.84. The van der Waals surface area contributed by atoms with Gasteiger partial charge in [0.2, 0.25) is 5.91 Å². The number of carbonyl (C=O) groups excluding carboxylic acids is 1. The van der Waals surface area contributed by atoms with E-state index in [1.165, 1.54) is 0 Å². The van der Waals surface area contributed by atoms with Crippen molar-refractivity contribution in [1.82, 2.24) is 15.1 Å². The first-order valence-electron chi connectivity index (χ1n) is 5.16. The number of aromatic nitrogens is 2. The van der Waals surface area contributed by atoms with Gasteiger partial charge in [0.15, 0.2) is 0 Å². The van der Waals surface area contributed by atoms with Gasteiger partial charge >= 0.3 is 0 Å². The summed E-state index contributed by atoms with van der Waals surface area (Å²) >= 11 is 0. The van der Waals surface area contributed by atoms with Gasteiger partial charge in [0.1, 0.15) is 6.54 Å². The molecule has 5 nitrogen and oxygen atoms in total. The summed E-state index contributed by atoms with van der Waals surface area (Å²) in [6, 6.07) is 1.80. The molecule has 0 saturated carbocycles. The van der Waals surface area contributed by atoms with E-state index in [0.717, 1.165) is 19.6 Å². The van der Waals surface area contributed by atoms with Crippen LogP contribution in [-0.4, -0.2) is 35.4 Å². The van der Waals surface area contributed by atoms with E-state index in [4.69, 9.17) is 4.74 Å². The number of hydrogen-bond acceptors (Lipinski definition) is 3. The first-order valence-corrected chi connectivity index (χ1v) is 5.16. The van der Waals surface area contributed by atoms with Crippen molar-refractivity contribution in [1.29, 1.82) is 0 Å². The molecule has 1 saturated heterocycles. The number of rotatable bonds is 4. The van der Waals surface area contributed by atoms with Crippen molar-refractivity contribution in [2.75, 3.05) is 19.8 Å². The summed E-state index contributed by atoms with van der Waals surface area (Å²) in [6.45, 7) is 2.59. The van der Waals surface area contributed by atoms with Crippen LogP contribution in [0.5, 0.6) is 0 Å². The van der Waals surface area contributed by atoms with Crippen LogP contribution in [0.4, 0.5) is 0 Å². The molecule has 1 aromatic rings. The molecule has 0 radical (unpaired) electrons. The normalized spacial score (nSPS) is 20.4. The Hall–Kier alpha value is -1.36. The molecule has 1 N–H and O–H groups in total. The second-order valence-electron chi connectivity index (χ2n) is 3.74. The van der Waals surface area contributed by atoms with Gasteiger partial charge in [-0.05, 0) is 12.5 Å². The van der Waals surface area contributed by atoms with Gasteiger partial charge in [-0.25, -0.2) is 0 Å². The quantitative estimate of drug-likeness (QED) is 0.761. The average molecular weight is 209 g/mol. The van der Waals surface area contributed by atoms with Gasteiger partial charge in [0.25, 0.3) is 0 Å². The molecule has 0 bridgehead atoms. The predicted octanol–water partition coefficient (Wildman–Crippen LogP) is 0.0358. The molecule has 0 unspecified atom stereocenters. The van der Waals surface area contributed by atoms with Crippen LogP contribution >= 0.6 is 0 Å². The van der Waals surface area contributed by atoms with E-state index in [-0.39, 0.29) is 5.91 Å². The van der Waals surface area contributed by atoms with Crippen molar-refractivity contribution in [3.8, 4) is 0 Å². The molecule has 1 aromatic heterocycles. The smallest absolute Gasteiger partial charge is 0.241 e. The third-order valence-corrected chi connectivity index (χ3v) is 2.48.